The van der Waals surface area contributed by atoms with Crippen molar-refractivity contribution in [3.8, 4) is 0 Å². The molecule has 3 heteroatoms. The summed E-state index contributed by atoms with van der Waals surface area (Å²) in [7, 11) is 0. The van der Waals surface area contributed by atoms with Crippen molar-refractivity contribution in [2.45, 2.75) is 52.8 Å². The van der Waals surface area contributed by atoms with Crippen LogP contribution >= 0.6 is 0 Å². The van der Waals surface area contributed by atoms with Gasteiger partial charge >= 0.3 is 0 Å². The summed E-state index contributed by atoms with van der Waals surface area (Å²) in [6.45, 7) is 13.5. The van der Waals surface area contributed by atoms with Crippen LogP contribution in [0.1, 0.15) is 40.5 Å². The summed E-state index contributed by atoms with van der Waals surface area (Å²) >= 11 is 0. The molecule has 0 aromatic rings. The van der Waals surface area contributed by atoms with Crippen molar-refractivity contribution in [2.24, 2.45) is 11.3 Å². The summed E-state index contributed by atoms with van der Waals surface area (Å²) in [5.74, 6) is 0.709. The number of hydrogen-bond acceptors (Lipinski definition) is 3. The van der Waals surface area contributed by atoms with E-state index < -0.39 is 0 Å². The van der Waals surface area contributed by atoms with Gasteiger partial charge in [0.15, 0.2) is 0 Å². The first-order chi connectivity index (χ1) is 7.98. The zero-order valence-corrected chi connectivity index (χ0v) is 11.8. The third-order valence-corrected chi connectivity index (χ3v) is 4.17. The Bertz CT molecular complexity index is 235. The fourth-order valence-corrected chi connectivity index (χ4v) is 2.84. The minimum absolute atomic E-state index is 0.301. The molecule has 3 nitrogen and oxygen atoms in total. The second kappa shape index (κ2) is 5.25. The van der Waals surface area contributed by atoms with Crippen molar-refractivity contribution in [1.82, 2.24) is 10.2 Å². The Morgan fingerprint density at radius 2 is 1.88 bits per heavy atom. The molecule has 0 aromatic heterocycles. The van der Waals surface area contributed by atoms with Crippen LogP contribution in [0.25, 0.3) is 0 Å². The normalized spacial score (nSPS) is 31.9. The van der Waals surface area contributed by atoms with E-state index in [1.165, 1.54) is 25.9 Å². The molecule has 0 aliphatic carbocycles. The molecule has 0 spiro atoms. The number of piperidine rings is 1. The minimum Gasteiger partial charge on any atom is -0.362 e. The topological polar surface area (TPSA) is 24.5 Å². The van der Waals surface area contributed by atoms with Gasteiger partial charge in [-0.25, -0.2) is 0 Å². The van der Waals surface area contributed by atoms with Gasteiger partial charge in [-0.3, -0.25) is 5.32 Å². The number of ether oxygens (including phenoxy) is 1. The maximum absolute atomic E-state index is 6.00. The van der Waals surface area contributed by atoms with Gasteiger partial charge in [-0.15, -0.1) is 0 Å². The molecule has 2 aliphatic heterocycles. The maximum atomic E-state index is 6.00. The molecule has 1 atom stereocenters. The molecule has 2 fully saturated rings. The van der Waals surface area contributed by atoms with Gasteiger partial charge in [-0.2, -0.15) is 0 Å². The smallest absolute Gasteiger partial charge is 0.111 e. The maximum Gasteiger partial charge on any atom is 0.111 e. The van der Waals surface area contributed by atoms with E-state index in [-0.39, 0.29) is 0 Å². The van der Waals surface area contributed by atoms with E-state index in [0.717, 1.165) is 13.2 Å². The van der Waals surface area contributed by atoms with Gasteiger partial charge in [0, 0.05) is 23.9 Å². The van der Waals surface area contributed by atoms with Crippen molar-refractivity contribution in [2.75, 3.05) is 26.2 Å². The van der Waals surface area contributed by atoms with E-state index in [9.17, 15) is 0 Å². The zero-order valence-electron chi connectivity index (χ0n) is 11.8. The lowest BCUT2D eigenvalue weighted by Gasteiger charge is -2.42. The van der Waals surface area contributed by atoms with Crippen LogP contribution in [0, 0.1) is 11.3 Å². The van der Waals surface area contributed by atoms with E-state index in [1.54, 1.807) is 0 Å². The summed E-state index contributed by atoms with van der Waals surface area (Å²) in [6, 6.07) is 0.690. The molecule has 1 N–H and O–H groups in total. The summed E-state index contributed by atoms with van der Waals surface area (Å²) in [6.07, 6.45) is 2.85. The van der Waals surface area contributed by atoms with Crippen LogP contribution in [0.15, 0.2) is 0 Å². The number of nitrogens with zero attached hydrogens (tertiary/aromatic N) is 1. The molecular formula is C14H28N2O. The fraction of sp³-hybridized carbons (Fsp3) is 1.00. The molecule has 0 aromatic carbocycles. The Labute approximate surface area is 106 Å². The van der Waals surface area contributed by atoms with Gasteiger partial charge in [-0.05, 0) is 39.8 Å². The molecule has 0 amide bonds. The monoisotopic (exact) mass is 240 g/mol. The predicted octanol–water partition coefficient (Wildman–Crippen LogP) is 2.08. The minimum atomic E-state index is 0.301. The van der Waals surface area contributed by atoms with Gasteiger partial charge in [0.05, 0.1) is 6.61 Å². The lowest BCUT2D eigenvalue weighted by molar-refractivity contribution is -0.0959. The second-order valence-corrected chi connectivity index (χ2v) is 6.74. The zero-order chi connectivity index (χ0) is 12.5. The standard InChI is InChI=1S/C14H28N2O/c1-11(2)16-7-5-12(6-8-16)13-15-9-14(3,4)10-17-13/h11-13,15H,5-10H2,1-4H3. The Balaban J connectivity index is 1.78. The summed E-state index contributed by atoms with van der Waals surface area (Å²) in [5.41, 5.74) is 0.301. The Hall–Kier alpha value is -0.120. The Morgan fingerprint density at radius 3 is 2.35 bits per heavy atom. The Morgan fingerprint density at radius 1 is 1.24 bits per heavy atom. The van der Waals surface area contributed by atoms with Crippen molar-refractivity contribution >= 4 is 0 Å². The molecule has 17 heavy (non-hydrogen) atoms. The second-order valence-electron chi connectivity index (χ2n) is 6.74. The predicted molar refractivity (Wildman–Crippen MR) is 71.0 cm³/mol. The molecule has 2 aliphatic rings. The van der Waals surface area contributed by atoms with Gasteiger partial charge in [0.1, 0.15) is 6.23 Å². The fourth-order valence-electron chi connectivity index (χ4n) is 2.84. The lowest BCUT2D eigenvalue weighted by atomic mass is 9.89. The highest BCUT2D eigenvalue weighted by molar-refractivity contribution is 4.84. The molecule has 0 bridgehead atoms. The molecule has 100 valence electrons. The highest BCUT2D eigenvalue weighted by Crippen LogP contribution is 2.27. The molecule has 2 rings (SSSR count). The summed E-state index contributed by atoms with van der Waals surface area (Å²) in [4.78, 5) is 2.57. The molecule has 0 radical (unpaired) electrons. The van der Waals surface area contributed by atoms with Crippen molar-refractivity contribution in [3.05, 3.63) is 0 Å². The average molecular weight is 240 g/mol. The van der Waals surface area contributed by atoms with Crippen LogP contribution in [-0.2, 0) is 4.74 Å². The van der Waals surface area contributed by atoms with Crippen LogP contribution < -0.4 is 5.32 Å². The van der Waals surface area contributed by atoms with E-state index in [1.807, 2.05) is 0 Å². The highest BCUT2D eigenvalue weighted by Gasteiger charge is 2.33. The third kappa shape index (κ3) is 3.43. The third-order valence-electron chi connectivity index (χ3n) is 4.17. The SMILES string of the molecule is CC(C)N1CCC(C2NCC(C)(C)CO2)CC1. The van der Waals surface area contributed by atoms with E-state index in [4.69, 9.17) is 4.74 Å². The number of rotatable bonds is 2. The van der Waals surface area contributed by atoms with Crippen LogP contribution in [0.4, 0.5) is 0 Å². The van der Waals surface area contributed by atoms with Gasteiger partial charge < -0.3 is 9.64 Å². The van der Waals surface area contributed by atoms with Crippen molar-refractivity contribution < 1.29 is 4.74 Å². The number of likely N-dealkylation sites (tertiary alicyclic amines) is 1. The largest absolute Gasteiger partial charge is 0.362 e. The van der Waals surface area contributed by atoms with Gasteiger partial charge in [-0.1, -0.05) is 13.8 Å². The first kappa shape index (κ1) is 13.3. The Kier molecular flexibility index (Phi) is 4.11. The lowest BCUT2D eigenvalue weighted by Crippen LogP contribution is -2.53. The van der Waals surface area contributed by atoms with E-state index in [0.29, 0.717) is 23.6 Å². The quantitative estimate of drug-likeness (QED) is 0.800. The molecule has 1 unspecified atom stereocenters. The van der Waals surface area contributed by atoms with Crippen LogP contribution in [0.2, 0.25) is 0 Å². The van der Waals surface area contributed by atoms with Crippen LogP contribution in [0.3, 0.4) is 0 Å². The average Bonchev–Trinajstić information content (AvgIpc) is 2.29. The summed E-state index contributed by atoms with van der Waals surface area (Å²) < 4.78 is 6.00. The molecule has 2 saturated heterocycles. The molecule has 0 saturated carbocycles. The number of nitrogens with one attached hydrogen (secondary N) is 1. The first-order valence-corrected chi connectivity index (χ1v) is 7.07. The molecular weight excluding hydrogens is 212 g/mol. The van der Waals surface area contributed by atoms with E-state index >= 15 is 0 Å². The molecule has 2 heterocycles. The first-order valence-electron chi connectivity index (χ1n) is 7.07. The summed E-state index contributed by atoms with van der Waals surface area (Å²) in [5, 5.41) is 3.58. The van der Waals surface area contributed by atoms with Gasteiger partial charge in [0.2, 0.25) is 0 Å². The van der Waals surface area contributed by atoms with E-state index in [2.05, 4.69) is 37.9 Å². The van der Waals surface area contributed by atoms with Crippen LogP contribution in [0.5, 0.6) is 0 Å². The van der Waals surface area contributed by atoms with Crippen molar-refractivity contribution in [1.29, 1.82) is 0 Å². The van der Waals surface area contributed by atoms with Crippen LogP contribution in [-0.4, -0.2) is 43.4 Å². The van der Waals surface area contributed by atoms with Crippen molar-refractivity contribution in [3.63, 3.8) is 0 Å². The highest BCUT2D eigenvalue weighted by atomic mass is 16.5. The number of hydrogen-bond donors (Lipinski definition) is 1. The van der Waals surface area contributed by atoms with Gasteiger partial charge in [0.25, 0.3) is 0 Å².